The van der Waals surface area contributed by atoms with Crippen molar-refractivity contribution in [2.45, 2.75) is 48.7 Å². The number of carbonyl (C=O) groups excluding carboxylic acids is 1. The summed E-state index contributed by atoms with van der Waals surface area (Å²) in [5, 5.41) is 73.8. The van der Waals surface area contributed by atoms with Crippen molar-refractivity contribution in [3.05, 3.63) is 76.7 Å². The summed E-state index contributed by atoms with van der Waals surface area (Å²) in [7, 11) is 4.08. The third kappa shape index (κ3) is 8.23. The van der Waals surface area contributed by atoms with E-state index in [2.05, 4.69) is 0 Å². The monoisotopic (exact) mass is 784 g/mol. The number of methoxy groups -OCH3 is 3. The number of phenols is 2. The van der Waals surface area contributed by atoms with E-state index in [9.17, 15) is 45.3 Å². The van der Waals surface area contributed by atoms with Crippen LogP contribution in [-0.4, -0.2) is 132 Å². The molecule has 8 atom stereocenters. The van der Waals surface area contributed by atoms with E-state index in [1.165, 1.54) is 63.8 Å². The van der Waals surface area contributed by atoms with Crippen LogP contribution in [0.4, 0.5) is 0 Å². The van der Waals surface area contributed by atoms with Gasteiger partial charge in [-0.15, -0.1) is 0 Å². The zero-order chi connectivity index (χ0) is 40.3. The number of ether oxygens (including phenoxy) is 8. The van der Waals surface area contributed by atoms with Gasteiger partial charge in [0.1, 0.15) is 77.4 Å². The van der Waals surface area contributed by atoms with Crippen LogP contribution in [0.2, 0.25) is 0 Å². The van der Waals surface area contributed by atoms with Gasteiger partial charge in [-0.05, 0) is 29.8 Å². The lowest BCUT2D eigenvalue weighted by atomic mass is 9.99. The molecule has 56 heavy (non-hydrogen) atoms. The first-order chi connectivity index (χ1) is 26.8. The summed E-state index contributed by atoms with van der Waals surface area (Å²) >= 11 is 0. The first kappa shape index (κ1) is 40.2. The van der Waals surface area contributed by atoms with Crippen molar-refractivity contribution in [3.8, 4) is 45.6 Å². The normalized spacial score (nSPS) is 26.3. The number of aliphatic hydroxyl groups excluding tert-OH is 4. The van der Waals surface area contributed by atoms with Gasteiger partial charge < -0.3 is 78.1 Å². The maximum Gasteiger partial charge on any atom is 0.330 e. The molecule has 3 heterocycles. The number of carbonyl (C=O) groups is 1. The van der Waals surface area contributed by atoms with Crippen molar-refractivity contribution in [2.75, 3.05) is 41.2 Å². The van der Waals surface area contributed by atoms with Crippen LogP contribution in [-0.2, 0) is 23.7 Å². The lowest BCUT2D eigenvalue weighted by Gasteiger charge is -2.40. The number of hydrogen-bond acceptors (Lipinski definition) is 18. The lowest BCUT2D eigenvalue weighted by Crippen LogP contribution is -2.60. The predicted octanol–water partition coefficient (Wildman–Crippen LogP) is 0.805. The zero-order valence-corrected chi connectivity index (χ0v) is 30.1. The van der Waals surface area contributed by atoms with E-state index in [4.69, 9.17) is 42.3 Å². The van der Waals surface area contributed by atoms with E-state index in [1.54, 1.807) is 12.1 Å². The van der Waals surface area contributed by atoms with E-state index in [0.717, 1.165) is 12.3 Å². The van der Waals surface area contributed by atoms with Crippen LogP contribution in [0.3, 0.4) is 0 Å². The van der Waals surface area contributed by atoms with Gasteiger partial charge in [0.2, 0.25) is 11.7 Å². The number of hydrogen-bond donors (Lipinski definition) is 7. The molecule has 0 unspecified atom stereocenters. The van der Waals surface area contributed by atoms with Crippen LogP contribution in [0.25, 0.3) is 28.2 Å². The third-order valence-corrected chi connectivity index (χ3v) is 9.25. The third-order valence-electron chi connectivity index (χ3n) is 9.25. The molecule has 4 aromatic rings. The van der Waals surface area contributed by atoms with Crippen LogP contribution in [0.15, 0.2) is 70.1 Å². The quantitative estimate of drug-likeness (QED) is 0.0730. The van der Waals surface area contributed by atoms with Crippen molar-refractivity contribution in [3.63, 3.8) is 0 Å². The van der Waals surface area contributed by atoms with Crippen LogP contribution in [0.5, 0.6) is 34.5 Å². The predicted molar refractivity (Wildman–Crippen MR) is 191 cm³/mol. The van der Waals surface area contributed by atoms with Gasteiger partial charge in [0.15, 0.2) is 23.4 Å². The Bertz CT molecular complexity index is 2110. The fourth-order valence-electron chi connectivity index (χ4n) is 6.08. The van der Waals surface area contributed by atoms with Crippen molar-refractivity contribution >= 4 is 23.0 Å². The molecule has 0 spiro atoms. The highest BCUT2D eigenvalue weighted by Gasteiger charge is 2.51. The highest BCUT2D eigenvalue weighted by molar-refractivity contribution is 5.89. The molecule has 7 N–H and O–H groups in total. The molecule has 6 rings (SSSR count). The average Bonchev–Trinajstić information content (AvgIpc) is 3.48. The SMILES string of the molecule is COc1cc(O)c(-c2coc3cc(O[C@@H]4O[C@H](CO[C@@H]5OC[C@](O)(COC(=O)/C=C/c6ccc(O)cc6)[C@H]5O)[C@@H](O)[C@H](O)[C@H]4O)cc(OC)c3c2=O)cc1OC. The van der Waals surface area contributed by atoms with Crippen molar-refractivity contribution in [2.24, 2.45) is 0 Å². The molecular formula is C38H40O18. The highest BCUT2D eigenvalue weighted by atomic mass is 16.7. The van der Waals surface area contributed by atoms with E-state index < -0.39 is 79.9 Å². The smallest absolute Gasteiger partial charge is 0.330 e. The molecule has 0 bridgehead atoms. The van der Waals surface area contributed by atoms with Gasteiger partial charge in [-0.25, -0.2) is 4.79 Å². The first-order valence-corrected chi connectivity index (χ1v) is 17.0. The molecule has 1 aromatic heterocycles. The molecule has 18 heteroatoms. The molecule has 0 amide bonds. The van der Waals surface area contributed by atoms with E-state index in [0.29, 0.717) is 5.56 Å². The van der Waals surface area contributed by atoms with Gasteiger partial charge in [0.05, 0.1) is 40.1 Å². The fraction of sp³-hybridized carbons (Fsp3) is 0.368. The summed E-state index contributed by atoms with van der Waals surface area (Å²) in [5.41, 5.74) is -1.98. The van der Waals surface area contributed by atoms with Gasteiger partial charge in [0.25, 0.3) is 0 Å². The number of fused-ring (bicyclic) bond motifs is 1. The molecule has 2 saturated heterocycles. The molecule has 3 aromatic carbocycles. The number of aliphatic hydroxyl groups is 5. The second-order valence-corrected chi connectivity index (χ2v) is 12.9. The highest BCUT2D eigenvalue weighted by Crippen LogP contribution is 2.40. The Balaban J connectivity index is 1.11. The Morgan fingerprint density at radius 3 is 2.27 bits per heavy atom. The molecule has 2 aliphatic heterocycles. The summed E-state index contributed by atoms with van der Waals surface area (Å²) < 4.78 is 49.3. The second kappa shape index (κ2) is 16.7. The van der Waals surface area contributed by atoms with Crippen molar-refractivity contribution in [1.82, 2.24) is 0 Å². The Hall–Kier alpha value is -5.44. The second-order valence-electron chi connectivity index (χ2n) is 12.9. The summed E-state index contributed by atoms with van der Waals surface area (Å²) in [6.07, 6.45) is -7.87. The van der Waals surface area contributed by atoms with Crippen LogP contribution in [0.1, 0.15) is 5.56 Å². The lowest BCUT2D eigenvalue weighted by molar-refractivity contribution is -0.289. The zero-order valence-electron chi connectivity index (χ0n) is 30.1. The van der Waals surface area contributed by atoms with Crippen LogP contribution in [0, 0.1) is 0 Å². The molecule has 0 aliphatic carbocycles. The number of benzene rings is 3. The molecule has 18 nitrogen and oxygen atoms in total. The number of aromatic hydroxyl groups is 2. The number of esters is 1. The Morgan fingerprint density at radius 2 is 1.57 bits per heavy atom. The van der Waals surface area contributed by atoms with Crippen LogP contribution < -0.4 is 24.4 Å². The maximum atomic E-state index is 13.7. The molecule has 0 radical (unpaired) electrons. The van der Waals surface area contributed by atoms with Gasteiger partial charge in [-0.1, -0.05) is 12.1 Å². The van der Waals surface area contributed by atoms with Gasteiger partial charge in [0, 0.05) is 29.8 Å². The number of phenolic OH excluding ortho intramolecular Hbond substituents is 2. The molecule has 2 fully saturated rings. The summed E-state index contributed by atoms with van der Waals surface area (Å²) in [6.45, 7) is -1.70. The topological polar surface area (TPSA) is 263 Å². The molecule has 2 aliphatic rings. The molecule has 300 valence electrons. The number of rotatable bonds is 13. The summed E-state index contributed by atoms with van der Waals surface area (Å²) in [4.78, 5) is 25.9. The summed E-state index contributed by atoms with van der Waals surface area (Å²) in [6, 6.07) is 11.3. The minimum absolute atomic E-state index is 0.0160. The van der Waals surface area contributed by atoms with Crippen molar-refractivity contribution < 1.29 is 82.9 Å². The largest absolute Gasteiger partial charge is 0.508 e. The van der Waals surface area contributed by atoms with Gasteiger partial charge in [-0.3, -0.25) is 4.79 Å². The van der Waals surface area contributed by atoms with E-state index in [-0.39, 0.29) is 56.6 Å². The average molecular weight is 785 g/mol. The van der Waals surface area contributed by atoms with E-state index >= 15 is 0 Å². The standard InChI is InChI=1S/C38H40O18/c1-48-24-12-21(23(40)13-25(24)49-2)22-14-51-27-11-20(10-26(50-3)30(27)31(22)42)55-36-34(45)33(44)32(43)28(56-36)15-52-37-35(46)38(47,17-54-37)16-53-29(41)9-6-18-4-7-19(39)8-5-18/h4-14,28,32-37,39-40,43-47H,15-17H2,1-3H3/b9-6+/t28-,32-,33+,34-,35+,36-,37-,38-/m1/s1. The molecular weight excluding hydrogens is 744 g/mol. The Labute approximate surface area is 317 Å². The van der Waals surface area contributed by atoms with Gasteiger partial charge >= 0.3 is 5.97 Å². The van der Waals surface area contributed by atoms with Crippen LogP contribution >= 0.6 is 0 Å². The maximum absolute atomic E-state index is 13.7. The minimum Gasteiger partial charge on any atom is -0.508 e. The van der Waals surface area contributed by atoms with Crippen molar-refractivity contribution in [1.29, 1.82) is 0 Å². The first-order valence-electron chi connectivity index (χ1n) is 17.0. The minimum atomic E-state index is -2.06. The summed E-state index contributed by atoms with van der Waals surface area (Å²) in [5.74, 6) is -0.624. The van der Waals surface area contributed by atoms with E-state index in [1.807, 2.05) is 0 Å². The van der Waals surface area contributed by atoms with Gasteiger partial charge in [-0.2, -0.15) is 0 Å². The molecule has 0 saturated carbocycles. The fourth-order valence-corrected chi connectivity index (χ4v) is 6.08. The Kier molecular flexibility index (Phi) is 12.0. The Morgan fingerprint density at radius 1 is 0.875 bits per heavy atom.